The molecule has 0 radical (unpaired) electrons. The van der Waals surface area contributed by atoms with Crippen LogP contribution >= 0.6 is 0 Å². The van der Waals surface area contributed by atoms with Gasteiger partial charge >= 0.3 is 5.97 Å². The van der Waals surface area contributed by atoms with Crippen LogP contribution in [-0.4, -0.2) is 29.6 Å². The summed E-state index contributed by atoms with van der Waals surface area (Å²) in [7, 11) is 1.41. The third-order valence-corrected chi connectivity index (χ3v) is 3.45. The Hall–Kier alpha value is -1.78. The molecular weight excluding hydrogens is 248 g/mol. The normalized spacial score (nSPS) is 24.9. The highest BCUT2D eigenvalue weighted by atomic mass is 16.6. The van der Waals surface area contributed by atoms with Crippen molar-refractivity contribution in [2.75, 3.05) is 7.11 Å². The van der Waals surface area contributed by atoms with Crippen LogP contribution in [0.3, 0.4) is 0 Å². The van der Waals surface area contributed by atoms with Gasteiger partial charge in [-0.15, -0.1) is 0 Å². The van der Waals surface area contributed by atoms with E-state index in [1.54, 1.807) is 13.8 Å². The minimum atomic E-state index is -1.66. The Bertz CT molecular complexity index is 460. The summed E-state index contributed by atoms with van der Waals surface area (Å²) in [5.74, 6) is -1.35. The fraction of sp³-hybridized carbons (Fsp3) is 0.571. The van der Waals surface area contributed by atoms with Gasteiger partial charge in [0.25, 0.3) is 0 Å². The monoisotopic (exact) mass is 268 g/mol. The lowest BCUT2D eigenvalue weighted by atomic mass is 9.88. The average Bonchev–Trinajstić information content (AvgIpc) is 2.39. The van der Waals surface area contributed by atoms with Crippen LogP contribution in [0.2, 0.25) is 0 Å². The van der Waals surface area contributed by atoms with Gasteiger partial charge in [0, 0.05) is 11.6 Å². The van der Waals surface area contributed by atoms with Crippen molar-refractivity contribution < 1.29 is 24.2 Å². The van der Waals surface area contributed by atoms with Crippen molar-refractivity contribution in [2.24, 2.45) is 5.92 Å². The number of ether oxygens (including phenoxy) is 2. The van der Waals surface area contributed by atoms with E-state index >= 15 is 0 Å². The van der Waals surface area contributed by atoms with E-state index in [1.807, 2.05) is 6.92 Å². The molecule has 1 N–H and O–H groups in total. The first-order valence-corrected chi connectivity index (χ1v) is 6.21. The van der Waals surface area contributed by atoms with Gasteiger partial charge in [0.2, 0.25) is 11.4 Å². The molecule has 5 nitrogen and oxygen atoms in total. The standard InChI is InChI=1S/C14H20O5/c1-6-8(2)13(17)19-14(4)11(15)7-10(18-5)9(3)12(14)16/h7-8,16H,6H2,1-5H3. The van der Waals surface area contributed by atoms with Gasteiger partial charge in [0.1, 0.15) is 5.76 Å². The van der Waals surface area contributed by atoms with Gasteiger partial charge in [-0.1, -0.05) is 13.8 Å². The Labute approximate surface area is 112 Å². The third kappa shape index (κ3) is 2.64. The topological polar surface area (TPSA) is 72.8 Å². The molecule has 1 aliphatic carbocycles. The molecule has 2 unspecified atom stereocenters. The van der Waals surface area contributed by atoms with Gasteiger partial charge in [0.05, 0.1) is 13.0 Å². The van der Waals surface area contributed by atoms with Crippen molar-refractivity contribution in [2.45, 2.75) is 39.7 Å². The van der Waals surface area contributed by atoms with E-state index in [1.165, 1.54) is 20.1 Å². The van der Waals surface area contributed by atoms with Crippen molar-refractivity contribution >= 4 is 11.8 Å². The summed E-state index contributed by atoms with van der Waals surface area (Å²) in [5, 5.41) is 10.1. The van der Waals surface area contributed by atoms with Crippen LogP contribution in [0.4, 0.5) is 0 Å². The number of hydrogen-bond acceptors (Lipinski definition) is 5. The van der Waals surface area contributed by atoms with E-state index < -0.39 is 17.4 Å². The highest BCUT2D eigenvalue weighted by Gasteiger charge is 2.45. The number of carbonyl (C=O) groups excluding carboxylic acids is 2. The molecule has 0 aromatic carbocycles. The van der Waals surface area contributed by atoms with Gasteiger partial charge in [-0.05, 0) is 20.3 Å². The van der Waals surface area contributed by atoms with E-state index in [4.69, 9.17) is 9.47 Å². The van der Waals surface area contributed by atoms with Crippen LogP contribution in [0.5, 0.6) is 0 Å². The first-order chi connectivity index (χ1) is 8.77. The molecule has 0 spiro atoms. The highest BCUT2D eigenvalue weighted by molar-refractivity contribution is 6.02. The van der Waals surface area contributed by atoms with E-state index in [-0.39, 0.29) is 17.4 Å². The molecule has 0 bridgehead atoms. The van der Waals surface area contributed by atoms with Crippen LogP contribution < -0.4 is 0 Å². The maximum Gasteiger partial charge on any atom is 0.310 e. The fourth-order valence-electron chi connectivity index (χ4n) is 1.74. The summed E-state index contributed by atoms with van der Waals surface area (Å²) in [5.41, 5.74) is -1.27. The minimum Gasteiger partial charge on any atom is -0.507 e. The molecule has 106 valence electrons. The number of ketones is 1. The lowest BCUT2D eigenvalue weighted by molar-refractivity contribution is -0.167. The first kappa shape index (κ1) is 15.3. The number of carbonyl (C=O) groups is 2. The molecule has 0 saturated heterocycles. The maximum absolute atomic E-state index is 12.1. The third-order valence-electron chi connectivity index (χ3n) is 3.45. The van der Waals surface area contributed by atoms with Crippen LogP contribution in [0.25, 0.3) is 0 Å². The van der Waals surface area contributed by atoms with Gasteiger partial charge in [0.15, 0.2) is 5.76 Å². The van der Waals surface area contributed by atoms with Gasteiger partial charge < -0.3 is 14.6 Å². The number of hydrogen-bond donors (Lipinski definition) is 1. The van der Waals surface area contributed by atoms with E-state index in [9.17, 15) is 14.7 Å². The molecule has 0 saturated carbocycles. The van der Waals surface area contributed by atoms with E-state index in [0.717, 1.165) is 0 Å². The summed E-state index contributed by atoms with van der Waals surface area (Å²) in [4.78, 5) is 23.9. The summed E-state index contributed by atoms with van der Waals surface area (Å²) in [6.07, 6.45) is 1.84. The smallest absolute Gasteiger partial charge is 0.310 e. The van der Waals surface area contributed by atoms with Crippen molar-refractivity contribution in [1.82, 2.24) is 0 Å². The summed E-state index contributed by atoms with van der Waals surface area (Å²) in [6.45, 7) is 6.55. The number of aliphatic hydroxyl groups is 1. The lowest BCUT2D eigenvalue weighted by Gasteiger charge is -2.31. The van der Waals surface area contributed by atoms with Gasteiger partial charge in [-0.2, -0.15) is 0 Å². The Kier molecular flexibility index (Phi) is 4.39. The molecule has 0 aliphatic heterocycles. The molecule has 0 aromatic rings. The van der Waals surface area contributed by atoms with Crippen LogP contribution in [0.15, 0.2) is 23.2 Å². The van der Waals surface area contributed by atoms with E-state index in [2.05, 4.69) is 0 Å². The zero-order valence-corrected chi connectivity index (χ0v) is 11.9. The summed E-state index contributed by atoms with van der Waals surface area (Å²) >= 11 is 0. The Morgan fingerprint density at radius 3 is 2.58 bits per heavy atom. The largest absolute Gasteiger partial charge is 0.507 e. The van der Waals surface area contributed by atoms with Crippen LogP contribution in [-0.2, 0) is 19.1 Å². The number of rotatable bonds is 4. The molecular formula is C14H20O5. The number of aliphatic hydroxyl groups excluding tert-OH is 1. The summed E-state index contributed by atoms with van der Waals surface area (Å²) < 4.78 is 10.2. The molecule has 5 heteroatoms. The minimum absolute atomic E-state index is 0.277. The predicted molar refractivity (Wildman–Crippen MR) is 69.4 cm³/mol. The second-order valence-electron chi connectivity index (χ2n) is 4.81. The maximum atomic E-state index is 12.1. The molecule has 0 aromatic heterocycles. The van der Waals surface area contributed by atoms with Crippen LogP contribution in [0, 0.1) is 5.92 Å². The van der Waals surface area contributed by atoms with Gasteiger partial charge in [-0.25, -0.2) is 0 Å². The van der Waals surface area contributed by atoms with E-state index in [0.29, 0.717) is 12.0 Å². The average molecular weight is 268 g/mol. The molecule has 1 rings (SSSR count). The first-order valence-electron chi connectivity index (χ1n) is 6.21. The lowest BCUT2D eigenvalue weighted by Crippen LogP contribution is -2.45. The zero-order valence-electron chi connectivity index (χ0n) is 11.9. The second-order valence-corrected chi connectivity index (χ2v) is 4.81. The Morgan fingerprint density at radius 1 is 1.53 bits per heavy atom. The number of methoxy groups -OCH3 is 1. The second kappa shape index (κ2) is 5.47. The molecule has 1 aliphatic rings. The molecule has 0 fully saturated rings. The molecule has 19 heavy (non-hydrogen) atoms. The highest BCUT2D eigenvalue weighted by Crippen LogP contribution is 2.33. The Balaban J connectivity index is 3.09. The van der Waals surface area contributed by atoms with Crippen LogP contribution in [0.1, 0.15) is 34.1 Å². The van der Waals surface area contributed by atoms with Crippen molar-refractivity contribution in [1.29, 1.82) is 0 Å². The van der Waals surface area contributed by atoms with Crippen molar-refractivity contribution in [3.05, 3.63) is 23.2 Å². The fourth-order valence-corrected chi connectivity index (χ4v) is 1.74. The van der Waals surface area contributed by atoms with Crippen molar-refractivity contribution in [3.63, 3.8) is 0 Å². The molecule has 0 amide bonds. The van der Waals surface area contributed by atoms with Crippen molar-refractivity contribution in [3.8, 4) is 0 Å². The predicted octanol–water partition coefficient (Wildman–Crippen LogP) is 2.28. The Morgan fingerprint density at radius 2 is 2.11 bits per heavy atom. The van der Waals surface area contributed by atoms with Gasteiger partial charge in [-0.3, -0.25) is 9.59 Å². The number of allylic oxidation sites excluding steroid dienone is 1. The molecule has 0 heterocycles. The molecule has 2 atom stereocenters. The zero-order chi connectivity index (χ0) is 14.8. The quantitative estimate of drug-likeness (QED) is 0.792. The number of esters is 1. The SMILES string of the molecule is CCC(C)C(=O)OC1(C)C(=O)C=C(OC)C(C)=C1O. The summed E-state index contributed by atoms with van der Waals surface area (Å²) in [6, 6.07) is 0.